The summed E-state index contributed by atoms with van der Waals surface area (Å²) in [5.41, 5.74) is 8.87. The molecule has 0 bridgehead atoms. The summed E-state index contributed by atoms with van der Waals surface area (Å²) in [7, 11) is 0. The van der Waals surface area contributed by atoms with Gasteiger partial charge in [-0.15, -0.1) is 0 Å². The van der Waals surface area contributed by atoms with Gasteiger partial charge in [-0.2, -0.15) is 0 Å². The van der Waals surface area contributed by atoms with Gasteiger partial charge in [-0.3, -0.25) is 0 Å². The van der Waals surface area contributed by atoms with Crippen molar-refractivity contribution in [3.8, 4) is 0 Å². The Balaban J connectivity index is 2.06. The van der Waals surface area contributed by atoms with Crippen LogP contribution in [0.4, 0.5) is 0 Å². The van der Waals surface area contributed by atoms with Gasteiger partial charge in [-0.1, -0.05) is 30.7 Å². The van der Waals surface area contributed by atoms with E-state index in [2.05, 4.69) is 24.3 Å². The molecule has 2 rings (SSSR count). The molecule has 2 nitrogen and oxygen atoms in total. The Morgan fingerprint density at radius 1 is 1.19 bits per heavy atom. The van der Waals surface area contributed by atoms with Crippen LogP contribution in [0, 0.1) is 0 Å². The van der Waals surface area contributed by atoms with Crippen molar-refractivity contribution in [3.05, 3.63) is 35.4 Å². The highest BCUT2D eigenvalue weighted by molar-refractivity contribution is 5.31. The maximum Gasteiger partial charge on any atom is 0.0434 e. The van der Waals surface area contributed by atoms with Gasteiger partial charge in [0.15, 0.2) is 0 Å². The average molecular weight is 219 g/mol. The minimum atomic E-state index is 0.272. The summed E-state index contributed by atoms with van der Waals surface area (Å²) in [5, 5.41) is 8.78. The van der Waals surface area contributed by atoms with Gasteiger partial charge in [0, 0.05) is 18.6 Å². The van der Waals surface area contributed by atoms with Gasteiger partial charge in [-0.25, -0.2) is 0 Å². The first-order chi connectivity index (χ1) is 7.80. The van der Waals surface area contributed by atoms with Gasteiger partial charge in [-0.05, 0) is 36.8 Å². The molecule has 1 saturated carbocycles. The van der Waals surface area contributed by atoms with E-state index in [0.29, 0.717) is 0 Å². The van der Waals surface area contributed by atoms with E-state index in [9.17, 15) is 0 Å². The summed E-state index contributed by atoms with van der Waals surface area (Å²) >= 11 is 0. The summed E-state index contributed by atoms with van der Waals surface area (Å²) in [6.07, 6.45) is 5.59. The van der Waals surface area contributed by atoms with E-state index in [0.717, 1.165) is 19.4 Å². The number of aliphatic hydroxyl groups excluding tert-OH is 1. The molecule has 0 aliphatic heterocycles. The van der Waals surface area contributed by atoms with Gasteiger partial charge in [0.05, 0.1) is 0 Å². The van der Waals surface area contributed by atoms with Gasteiger partial charge in [0.1, 0.15) is 0 Å². The second-order valence-electron chi connectivity index (χ2n) is 4.86. The van der Waals surface area contributed by atoms with Crippen LogP contribution < -0.4 is 5.73 Å². The van der Waals surface area contributed by atoms with Crippen molar-refractivity contribution in [3.63, 3.8) is 0 Å². The van der Waals surface area contributed by atoms with Crippen molar-refractivity contribution in [2.75, 3.05) is 13.2 Å². The third-order valence-corrected chi connectivity index (χ3v) is 3.89. The number of aryl methyl sites for hydroxylation is 1. The Hall–Kier alpha value is -0.860. The van der Waals surface area contributed by atoms with Crippen LogP contribution in [0.2, 0.25) is 0 Å². The SMILES string of the molecule is NCC1(c2ccc(CCCO)cc2)CCC1. The number of benzene rings is 1. The maximum atomic E-state index is 8.78. The van der Waals surface area contributed by atoms with Gasteiger partial charge in [0.2, 0.25) is 0 Å². The summed E-state index contributed by atoms with van der Waals surface area (Å²) in [5.74, 6) is 0. The first-order valence-corrected chi connectivity index (χ1v) is 6.21. The molecule has 0 aromatic heterocycles. The molecule has 0 atom stereocenters. The number of hydrogen-bond donors (Lipinski definition) is 2. The lowest BCUT2D eigenvalue weighted by Gasteiger charge is -2.41. The smallest absolute Gasteiger partial charge is 0.0434 e. The molecule has 0 amide bonds. The second-order valence-corrected chi connectivity index (χ2v) is 4.86. The Kier molecular flexibility index (Phi) is 3.62. The molecule has 1 aliphatic carbocycles. The van der Waals surface area contributed by atoms with Crippen molar-refractivity contribution >= 4 is 0 Å². The minimum absolute atomic E-state index is 0.272. The highest BCUT2D eigenvalue weighted by atomic mass is 16.2. The van der Waals surface area contributed by atoms with E-state index in [1.165, 1.54) is 30.4 Å². The predicted molar refractivity (Wildman–Crippen MR) is 66.4 cm³/mol. The highest BCUT2D eigenvalue weighted by Gasteiger charge is 2.36. The standard InChI is InChI=1S/C14H21NO/c15-11-14(8-2-9-14)13-6-4-12(5-7-13)3-1-10-16/h4-7,16H,1-3,8-11,15H2. The summed E-state index contributed by atoms with van der Waals surface area (Å²) in [6.45, 7) is 1.04. The van der Waals surface area contributed by atoms with Crippen LogP contribution in [0.1, 0.15) is 36.8 Å². The second kappa shape index (κ2) is 4.98. The third-order valence-electron chi connectivity index (χ3n) is 3.89. The molecule has 16 heavy (non-hydrogen) atoms. The van der Waals surface area contributed by atoms with Gasteiger partial charge in [0.25, 0.3) is 0 Å². The molecule has 0 radical (unpaired) electrons. The zero-order chi connectivity index (χ0) is 11.4. The van der Waals surface area contributed by atoms with Gasteiger partial charge < -0.3 is 10.8 Å². The quantitative estimate of drug-likeness (QED) is 0.795. The summed E-state index contributed by atoms with van der Waals surface area (Å²) in [6, 6.07) is 8.80. The molecule has 0 saturated heterocycles. The van der Waals surface area contributed by atoms with Crippen LogP contribution in [-0.2, 0) is 11.8 Å². The topological polar surface area (TPSA) is 46.2 Å². The summed E-state index contributed by atoms with van der Waals surface area (Å²) in [4.78, 5) is 0. The number of hydrogen-bond acceptors (Lipinski definition) is 2. The molecular formula is C14H21NO. The first-order valence-electron chi connectivity index (χ1n) is 6.21. The lowest BCUT2D eigenvalue weighted by molar-refractivity contribution is 0.253. The van der Waals surface area contributed by atoms with E-state index in [-0.39, 0.29) is 12.0 Å². The van der Waals surface area contributed by atoms with Crippen LogP contribution >= 0.6 is 0 Å². The zero-order valence-corrected chi connectivity index (χ0v) is 9.78. The Bertz CT molecular complexity index is 322. The Morgan fingerprint density at radius 3 is 2.31 bits per heavy atom. The largest absolute Gasteiger partial charge is 0.396 e. The number of nitrogens with two attached hydrogens (primary N) is 1. The van der Waals surface area contributed by atoms with E-state index < -0.39 is 0 Å². The maximum absolute atomic E-state index is 8.78. The van der Waals surface area contributed by atoms with Crippen LogP contribution in [0.15, 0.2) is 24.3 Å². The average Bonchev–Trinajstić information content (AvgIpc) is 2.27. The molecule has 0 spiro atoms. The number of rotatable bonds is 5. The third kappa shape index (κ3) is 2.13. The fourth-order valence-corrected chi connectivity index (χ4v) is 2.52. The lowest BCUT2D eigenvalue weighted by atomic mass is 9.64. The lowest BCUT2D eigenvalue weighted by Crippen LogP contribution is -2.41. The number of aliphatic hydroxyl groups is 1. The molecule has 2 heteroatoms. The van der Waals surface area contributed by atoms with Crippen molar-refractivity contribution in [2.45, 2.75) is 37.5 Å². The normalized spacial score (nSPS) is 18.1. The van der Waals surface area contributed by atoms with Crippen LogP contribution in [0.3, 0.4) is 0 Å². The molecule has 1 fully saturated rings. The first kappa shape index (κ1) is 11.6. The zero-order valence-electron chi connectivity index (χ0n) is 9.78. The molecule has 3 N–H and O–H groups in total. The predicted octanol–water partition coefficient (Wildman–Crippen LogP) is 1.99. The Morgan fingerprint density at radius 2 is 1.88 bits per heavy atom. The monoisotopic (exact) mass is 219 g/mol. The van der Waals surface area contributed by atoms with Crippen molar-refractivity contribution in [1.29, 1.82) is 0 Å². The van der Waals surface area contributed by atoms with Crippen LogP contribution in [0.25, 0.3) is 0 Å². The molecule has 88 valence electrons. The minimum Gasteiger partial charge on any atom is -0.396 e. The van der Waals surface area contributed by atoms with Crippen molar-refractivity contribution in [2.24, 2.45) is 5.73 Å². The van der Waals surface area contributed by atoms with Crippen molar-refractivity contribution in [1.82, 2.24) is 0 Å². The van der Waals surface area contributed by atoms with E-state index in [4.69, 9.17) is 10.8 Å². The highest BCUT2D eigenvalue weighted by Crippen LogP contribution is 2.42. The molecule has 0 unspecified atom stereocenters. The van der Waals surface area contributed by atoms with Gasteiger partial charge >= 0.3 is 0 Å². The molecule has 0 heterocycles. The summed E-state index contributed by atoms with van der Waals surface area (Å²) < 4.78 is 0. The van der Waals surface area contributed by atoms with Crippen LogP contribution in [0.5, 0.6) is 0 Å². The fourth-order valence-electron chi connectivity index (χ4n) is 2.52. The molecule has 1 aromatic rings. The molecular weight excluding hydrogens is 198 g/mol. The van der Waals surface area contributed by atoms with E-state index in [1.807, 2.05) is 0 Å². The molecule has 1 aromatic carbocycles. The molecule has 1 aliphatic rings. The Labute approximate surface area is 97.5 Å². The van der Waals surface area contributed by atoms with E-state index >= 15 is 0 Å². The fraction of sp³-hybridized carbons (Fsp3) is 0.571. The van der Waals surface area contributed by atoms with Crippen molar-refractivity contribution < 1.29 is 5.11 Å². The van der Waals surface area contributed by atoms with E-state index in [1.54, 1.807) is 0 Å². The van der Waals surface area contributed by atoms with Crippen LogP contribution in [-0.4, -0.2) is 18.3 Å².